The first-order chi connectivity index (χ1) is 7.50. The molecule has 3 nitrogen and oxygen atoms in total. The Morgan fingerprint density at radius 3 is 2.06 bits per heavy atom. The first kappa shape index (κ1) is 12.9. The number of hydrogen-bond donors (Lipinski definition) is 1. The Hall–Kier alpha value is -1.19. The van der Waals surface area contributed by atoms with E-state index in [0.29, 0.717) is 23.7 Å². The van der Waals surface area contributed by atoms with Gasteiger partial charge in [0.2, 0.25) is 5.95 Å². The third kappa shape index (κ3) is 3.76. The SMILES string of the molecule is CC(C)C(CNc1ncc(F)cn1)C(C)C. The Bertz CT molecular complexity index is 301. The second kappa shape index (κ2) is 5.77. The molecule has 1 rings (SSSR count). The average molecular weight is 225 g/mol. The summed E-state index contributed by atoms with van der Waals surface area (Å²) >= 11 is 0. The Balaban J connectivity index is 2.52. The maximum atomic E-state index is 12.6. The molecule has 4 heteroatoms. The van der Waals surface area contributed by atoms with Crippen LogP contribution in [0.2, 0.25) is 0 Å². The Morgan fingerprint density at radius 2 is 1.62 bits per heavy atom. The first-order valence-electron chi connectivity index (χ1n) is 5.72. The summed E-state index contributed by atoms with van der Waals surface area (Å²) in [5, 5.41) is 3.15. The van der Waals surface area contributed by atoms with Crippen LogP contribution in [0.5, 0.6) is 0 Å². The van der Waals surface area contributed by atoms with E-state index in [1.807, 2.05) is 0 Å². The fraction of sp³-hybridized carbons (Fsp3) is 0.667. The lowest BCUT2D eigenvalue weighted by Gasteiger charge is -2.24. The summed E-state index contributed by atoms with van der Waals surface area (Å²) in [5.41, 5.74) is 0. The van der Waals surface area contributed by atoms with Crippen LogP contribution >= 0.6 is 0 Å². The van der Waals surface area contributed by atoms with E-state index in [4.69, 9.17) is 0 Å². The zero-order valence-electron chi connectivity index (χ0n) is 10.4. The minimum atomic E-state index is -0.408. The predicted octanol–water partition coefficient (Wildman–Crippen LogP) is 2.96. The van der Waals surface area contributed by atoms with Crippen LogP contribution < -0.4 is 5.32 Å². The maximum absolute atomic E-state index is 12.6. The molecule has 0 aliphatic rings. The van der Waals surface area contributed by atoms with Crippen molar-refractivity contribution < 1.29 is 4.39 Å². The van der Waals surface area contributed by atoms with Crippen molar-refractivity contribution in [1.82, 2.24) is 9.97 Å². The second-order valence-electron chi connectivity index (χ2n) is 4.76. The lowest BCUT2D eigenvalue weighted by molar-refractivity contribution is 0.304. The molecule has 0 radical (unpaired) electrons. The van der Waals surface area contributed by atoms with E-state index >= 15 is 0 Å². The number of hydrogen-bond acceptors (Lipinski definition) is 3. The second-order valence-corrected chi connectivity index (χ2v) is 4.76. The van der Waals surface area contributed by atoms with Gasteiger partial charge < -0.3 is 5.32 Å². The normalized spacial score (nSPS) is 11.5. The minimum absolute atomic E-state index is 0.408. The fourth-order valence-corrected chi connectivity index (χ4v) is 1.85. The largest absolute Gasteiger partial charge is 0.354 e. The highest BCUT2D eigenvalue weighted by atomic mass is 19.1. The van der Waals surface area contributed by atoms with Gasteiger partial charge in [-0.1, -0.05) is 27.7 Å². The van der Waals surface area contributed by atoms with E-state index in [2.05, 4.69) is 43.0 Å². The standard InChI is InChI=1S/C12H20FN3/c1-8(2)11(9(3)4)7-16-12-14-5-10(13)6-15-12/h5-6,8-9,11H,7H2,1-4H3,(H,14,15,16). The highest BCUT2D eigenvalue weighted by Crippen LogP contribution is 2.20. The lowest BCUT2D eigenvalue weighted by Crippen LogP contribution is -2.25. The molecule has 0 spiro atoms. The molecule has 90 valence electrons. The smallest absolute Gasteiger partial charge is 0.222 e. The molecule has 0 aliphatic heterocycles. The van der Waals surface area contributed by atoms with Gasteiger partial charge in [-0.15, -0.1) is 0 Å². The van der Waals surface area contributed by atoms with Crippen LogP contribution in [0, 0.1) is 23.6 Å². The Kier molecular flexibility index (Phi) is 4.65. The summed E-state index contributed by atoms with van der Waals surface area (Å²) in [4.78, 5) is 7.74. The van der Waals surface area contributed by atoms with Crippen LogP contribution in [0.25, 0.3) is 0 Å². The van der Waals surface area contributed by atoms with E-state index in [0.717, 1.165) is 6.54 Å². The number of rotatable bonds is 5. The van der Waals surface area contributed by atoms with Gasteiger partial charge >= 0.3 is 0 Å². The van der Waals surface area contributed by atoms with Crippen LogP contribution in [0.15, 0.2) is 12.4 Å². The van der Waals surface area contributed by atoms with Gasteiger partial charge in [-0.25, -0.2) is 14.4 Å². The van der Waals surface area contributed by atoms with Crippen molar-refractivity contribution in [2.24, 2.45) is 17.8 Å². The third-order valence-electron chi connectivity index (χ3n) is 2.83. The van der Waals surface area contributed by atoms with Gasteiger partial charge in [-0.05, 0) is 17.8 Å². The number of nitrogens with one attached hydrogen (secondary N) is 1. The van der Waals surface area contributed by atoms with Crippen LogP contribution in [0.1, 0.15) is 27.7 Å². The lowest BCUT2D eigenvalue weighted by atomic mass is 9.85. The van der Waals surface area contributed by atoms with Crippen molar-refractivity contribution in [2.75, 3.05) is 11.9 Å². The van der Waals surface area contributed by atoms with Crippen molar-refractivity contribution in [3.63, 3.8) is 0 Å². The average Bonchev–Trinajstić information content (AvgIpc) is 2.20. The molecule has 0 amide bonds. The van der Waals surface area contributed by atoms with Gasteiger partial charge in [0, 0.05) is 6.54 Å². The molecular weight excluding hydrogens is 205 g/mol. The van der Waals surface area contributed by atoms with E-state index in [9.17, 15) is 4.39 Å². The first-order valence-corrected chi connectivity index (χ1v) is 5.72. The molecule has 0 aromatic carbocycles. The molecule has 0 atom stereocenters. The molecular formula is C12H20FN3. The van der Waals surface area contributed by atoms with Crippen molar-refractivity contribution in [3.8, 4) is 0 Å². The Labute approximate surface area is 96.5 Å². The molecule has 0 bridgehead atoms. The predicted molar refractivity (Wildman–Crippen MR) is 63.6 cm³/mol. The van der Waals surface area contributed by atoms with Crippen LogP contribution in [-0.4, -0.2) is 16.5 Å². The molecule has 0 fully saturated rings. The molecule has 16 heavy (non-hydrogen) atoms. The topological polar surface area (TPSA) is 37.8 Å². The van der Waals surface area contributed by atoms with E-state index in [-0.39, 0.29) is 0 Å². The van der Waals surface area contributed by atoms with Crippen molar-refractivity contribution >= 4 is 5.95 Å². The minimum Gasteiger partial charge on any atom is -0.354 e. The third-order valence-corrected chi connectivity index (χ3v) is 2.83. The summed E-state index contributed by atoms with van der Waals surface area (Å²) in [6, 6.07) is 0. The zero-order valence-corrected chi connectivity index (χ0v) is 10.4. The zero-order chi connectivity index (χ0) is 12.1. The molecule has 1 aromatic rings. The van der Waals surface area contributed by atoms with Crippen LogP contribution in [-0.2, 0) is 0 Å². The quantitative estimate of drug-likeness (QED) is 0.837. The molecule has 1 N–H and O–H groups in total. The van der Waals surface area contributed by atoms with Gasteiger partial charge in [0.05, 0.1) is 12.4 Å². The number of anilines is 1. The maximum Gasteiger partial charge on any atom is 0.222 e. The Morgan fingerprint density at radius 1 is 1.12 bits per heavy atom. The summed E-state index contributed by atoms with van der Waals surface area (Å²) in [7, 11) is 0. The molecule has 1 aromatic heterocycles. The highest BCUT2D eigenvalue weighted by Gasteiger charge is 2.17. The highest BCUT2D eigenvalue weighted by molar-refractivity contribution is 5.22. The van der Waals surface area contributed by atoms with Gasteiger partial charge in [0.15, 0.2) is 5.82 Å². The van der Waals surface area contributed by atoms with Crippen molar-refractivity contribution in [2.45, 2.75) is 27.7 Å². The summed E-state index contributed by atoms with van der Waals surface area (Å²) < 4.78 is 12.6. The van der Waals surface area contributed by atoms with E-state index < -0.39 is 5.82 Å². The summed E-state index contributed by atoms with van der Waals surface area (Å²) in [6.07, 6.45) is 2.35. The van der Waals surface area contributed by atoms with E-state index in [1.165, 1.54) is 12.4 Å². The molecule has 1 heterocycles. The number of nitrogens with zero attached hydrogens (tertiary/aromatic N) is 2. The molecule has 0 saturated carbocycles. The monoisotopic (exact) mass is 225 g/mol. The molecule has 0 unspecified atom stereocenters. The van der Waals surface area contributed by atoms with E-state index in [1.54, 1.807) is 0 Å². The van der Waals surface area contributed by atoms with Gasteiger partial charge in [-0.2, -0.15) is 0 Å². The van der Waals surface area contributed by atoms with Crippen LogP contribution in [0.3, 0.4) is 0 Å². The van der Waals surface area contributed by atoms with Crippen molar-refractivity contribution in [1.29, 1.82) is 0 Å². The number of aromatic nitrogens is 2. The van der Waals surface area contributed by atoms with Crippen molar-refractivity contribution in [3.05, 3.63) is 18.2 Å². The molecule has 0 aliphatic carbocycles. The molecule has 0 saturated heterocycles. The summed E-state index contributed by atoms with van der Waals surface area (Å²) in [5.74, 6) is 1.86. The number of halogens is 1. The summed E-state index contributed by atoms with van der Waals surface area (Å²) in [6.45, 7) is 9.65. The van der Waals surface area contributed by atoms with Gasteiger partial charge in [0.1, 0.15) is 0 Å². The van der Waals surface area contributed by atoms with Crippen LogP contribution in [0.4, 0.5) is 10.3 Å². The van der Waals surface area contributed by atoms with Gasteiger partial charge in [-0.3, -0.25) is 0 Å². The fourth-order valence-electron chi connectivity index (χ4n) is 1.85. The van der Waals surface area contributed by atoms with Gasteiger partial charge in [0.25, 0.3) is 0 Å².